The number of halogens is 3. The molecule has 0 aliphatic rings. The van der Waals surface area contributed by atoms with E-state index in [0.717, 1.165) is 6.07 Å². The van der Waals surface area contributed by atoms with Gasteiger partial charge in [0.1, 0.15) is 5.82 Å². The number of hydrogen-bond acceptors (Lipinski definition) is 3. The minimum absolute atomic E-state index is 0. The van der Waals surface area contributed by atoms with Crippen LogP contribution in [0.2, 0.25) is 0 Å². The van der Waals surface area contributed by atoms with E-state index in [1.165, 1.54) is 12.1 Å². The highest BCUT2D eigenvalue weighted by Gasteiger charge is 2.31. The van der Waals surface area contributed by atoms with Gasteiger partial charge in [0, 0.05) is 12.1 Å². The SMILES string of the molecule is CCC(CC)(CN)NS(=O)(=O)c1ccc(Br)c(F)c1.Cl. The molecule has 0 amide bonds. The Labute approximate surface area is 133 Å². The Morgan fingerprint density at radius 2 is 1.90 bits per heavy atom. The Balaban J connectivity index is 0.00000361. The lowest BCUT2D eigenvalue weighted by Crippen LogP contribution is -2.52. The number of nitrogens with two attached hydrogens (primary N) is 1. The van der Waals surface area contributed by atoms with Crippen LogP contribution in [0.3, 0.4) is 0 Å². The summed E-state index contributed by atoms with van der Waals surface area (Å²) in [5.74, 6) is -0.616. The van der Waals surface area contributed by atoms with E-state index in [0.29, 0.717) is 12.8 Å². The second-order valence-corrected chi connectivity index (χ2v) is 6.91. The van der Waals surface area contributed by atoms with Crippen molar-refractivity contribution in [3.63, 3.8) is 0 Å². The molecule has 0 aromatic heterocycles. The zero-order chi connectivity index (χ0) is 14.7. The first-order valence-electron chi connectivity index (χ1n) is 5.99. The largest absolute Gasteiger partial charge is 0.329 e. The van der Waals surface area contributed by atoms with Crippen molar-refractivity contribution in [2.75, 3.05) is 6.54 Å². The third-order valence-corrected chi connectivity index (χ3v) is 5.52. The van der Waals surface area contributed by atoms with E-state index in [-0.39, 0.29) is 28.3 Å². The van der Waals surface area contributed by atoms with Crippen LogP contribution in [0.4, 0.5) is 4.39 Å². The van der Waals surface area contributed by atoms with Gasteiger partial charge in [0.05, 0.1) is 9.37 Å². The third-order valence-electron chi connectivity index (χ3n) is 3.30. The quantitative estimate of drug-likeness (QED) is 0.786. The molecule has 0 aliphatic carbocycles. The number of benzene rings is 1. The number of sulfonamides is 1. The Kier molecular flexibility index (Phi) is 7.62. The maximum Gasteiger partial charge on any atom is 0.241 e. The van der Waals surface area contributed by atoms with Crippen LogP contribution in [0.25, 0.3) is 0 Å². The van der Waals surface area contributed by atoms with Crippen LogP contribution in [0.1, 0.15) is 26.7 Å². The van der Waals surface area contributed by atoms with Crippen molar-refractivity contribution in [2.24, 2.45) is 5.73 Å². The number of hydrogen-bond donors (Lipinski definition) is 2. The molecule has 3 N–H and O–H groups in total. The Morgan fingerprint density at radius 3 is 2.30 bits per heavy atom. The zero-order valence-corrected chi connectivity index (χ0v) is 14.5. The van der Waals surface area contributed by atoms with Crippen molar-refractivity contribution in [3.8, 4) is 0 Å². The summed E-state index contributed by atoms with van der Waals surface area (Å²) in [5.41, 5.74) is 4.97. The predicted octanol–water partition coefficient (Wildman–Crippen LogP) is 2.81. The summed E-state index contributed by atoms with van der Waals surface area (Å²) in [6, 6.07) is 3.70. The van der Waals surface area contributed by atoms with Gasteiger partial charge in [0.2, 0.25) is 10.0 Å². The van der Waals surface area contributed by atoms with Gasteiger partial charge in [0.25, 0.3) is 0 Å². The van der Waals surface area contributed by atoms with Crippen LogP contribution in [0.15, 0.2) is 27.6 Å². The average molecular weight is 390 g/mol. The van der Waals surface area contributed by atoms with E-state index < -0.39 is 21.4 Å². The smallest absolute Gasteiger partial charge is 0.241 e. The molecule has 1 aromatic rings. The van der Waals surface area contributed by atoms with E-state index in [1.807, 2.05) is 13.8 Å². The molecule has 0 fully saturated rings. The molecule has 4 nitrogen and oxygen atoms in total. The normalized spacial score (nSPS) is 12.1. The molecular weight excluding hydrogens is 371 g/mol. The summed E-state index contributed by atoms with van der Waals surface area (Å²) in [6.45, 7) is 3.92. The molecule has 20 heavy (non-hydrogen) atoms. The maximum absolute atomic E-state index is 13.4. The van der Waals surface area contributed by atoms with Gasteiger partial charge in [-0.3, -0.25) is 0 Å². The van der Waals surface area contributed by atoms with E-state index >= 15 is 0 Å². The minimum Gasteiger partial charge on any atom is -0.329 e. The summed E-state index contributed by atoms with van der Waals surface area (Å²) >= 11 is 2.99. The maximum atomic E-state index is 13.4. The Hall–Kier alpha value is -0.210. The first-order valence-corrected chi connectivity index (χ1v) is 8.27. The van der Waals surface area contributed by atoms with Crippen molar-refractivity contribution in [3.05, 3.63) is 28.5 Å². The van der Waals surface area contributed by atoms with Crippen LogP contribution in [-0.4, -0.2) is 20.5 Å². The number of nitrogens with one attached hydrogen (secondary N) is 1. The van der Waals surface area contributed by atoms with Gasteiger partial charge in [0.15, 0.2) is 0 Å². The van der Waals surface area contributed by atoms with Crippen LogP contribution in [0, 0.1) is 5.82 Å². The van der Waals surface area contributed by atoms with Gasteiger partial charge in [-0.15, -0.1) is 12.4 Å². The Morgan fingerprint density at radius 1 is 1.35 bits per heavy atom. The molecule has 0 unspecified atom stereocenters. The molecule has 0 saturated heterocycles. The molecule has 1 aromatic carbocycles. The standard InChI is InChI=1S/C12H18BrFN2O2S.ClH/c1-3-12(4-2,8-15)16-19(17,18)9-5-6-10(13)11(14)7-9;/h5-7,16H,3-4,8,15H2,1-2H3;1H. The molecule has 0 aliphatic heterocycles. The second kappa shape index (κ2) is 7.70. The fourth-order valence-corrected chi connectivity index (χ4v) is 3.53. The van der Waals surface area contributed by atoms with Crippen LogP contribution in [0.5, 0.6) is 0 Å². The van der Waals surface area contributed by atoms with Crippen molar-refractivity contribution in [1.82, 2.24) is 4.72 Å². The summed E-state index contributed by atoms with van der Waals surface area (Å²) in [7, 11) is -3.78. The van der Waals surface area contributed by atoms with Crippen molar-refractivity contribution in [1.29, 1.82) is 0 Å². The first kappa shape index (κ1) is 19.8. The highest BCUT2D eigenvalue weighted by Crippen LogP contribution is 2.22. The van der Waals surface area contributed by atoms with E-state index in [4.69, 9.17) is 5.73 Å². The van der Waals surface area contributed by atoms with Crippen molar-refractivity contribution < 1.29 is 12.8 Å². The van der Waals surface area contributed by atoms with E-state index in [2.05, 4.69) is 20.7 Å². The number of rotatable bonds is 6. The summed E-state index contributed by atoms with van der Waals surface area (Å²) < 4.78 is 40.7. The van der Waals surface area contributed by atoms with E-state index in [1.54, 1.807) is 0 Å². The molecule has 1 rings (SSSR count). The molecule has 0 spiro atoms. The topological polar surface area (TPSA) is 72.2 Å². The highest BCUT2D eigenvalue weighted by atomic mass is 79.9. The lowest BCUT2D eigenvalue weighted by molar-refractivity contribution is 0.363. The lowest BCUT2D eigenvalue weighted by Gasteiger charge is -2.31. The van der Waals surface area contributed by atoms with Crippen molar-refractivity contribution in [2.45, 2.75) is 37.1 Å². The van der Waals surface area contributed by atoms with Crippen LogP contribution < -0.4 is 10.5 Å². The molecule has 8 heteroatoms. The summed E-state index contributed by atoms with van der Waals surface area (Å²) in [5, 5.41) is 0. The lowest BCUT2D eigenvalue weighted by atomic mass is 9.95. The van der Waals surface area contributed by atoms with Gasteiger partial charge >= 0.3 is 0 Å². The zero-order valence-electron chi connectivity index (χ0n) is 11.3. The van der Waals surface area contributed by atoms with Gasteiger partial charge in [-0.2, -0.15) is 0 Å². The van der Waals surface area contributed by atoms with Gasteiger partial charge in [-0.05, 0) is 47.0 Å². The monoisotopic (exact) mass is 388 g/mol. The third kappa shape index (κ3) is 4.39. The fourth-order valence-electron chi connectivity index (χ4n) is 1.71. The van der Waals surface area contributed by atoms with Crippen molar-refractivity contribution >= 4 is 38.4 Å². The predicted molar refractivity (Wildman–Crippen MR) is 84.0 cm³/mol. The summed E-state index contributed by atoms with van der Waals surface area (Å²) in [4.78, 5) is -0.104. The van der Waals surface area contributed by atoms with Gasteiger partial charge in [-0.1, -0.05) is 13.8 Å². The fraction of sp³-hybridized carbons (Fsp3) is 0.500. The molecule has 0 atom stereocenters. The van der Waals surface area contributed by atoms with Crippen LogP contribution in [-0.2, 0) is 10.0 Å². The van der Waals surface area contributed by atoms with Gasteiger partial charge < -0.3 is 5.73 Å². The molecule has 0 bridgehead atoms. The average Bonchev–Trinajstić information content (AvgIpc) is 2.39. The van der Waals surface area contributed by atoms with E-state index in [9.17, 15) is 12.8 Å². The molecule has 0 radical (unpaired) electrons. The summed E-state index contributed by atoms with van der Waals surface area (Å²) in [6.07, 6.45) is 1.14. The Bertz CT molecular complexity index is 542. The minimum atomic E-state index is -3.78. The van der Waals surface area contributed by atoms with Crippen LogP contribution >= 0.6 is 28.3 Å². The molecule has 0 saturated carbocycles. The second-order valence-electron chi connectivity index (χ2n) is 4.37. The van der Waals surface area contributed by atoms with Gasteiger partial charge in [-0.25, -0.2) is 17.5 Å². The molecular formula is C12H19BrClFN2O2S. The molecule has 0 heterocycles. The molecule has 116 valence electrons. The first-order chi connectivity index (χ1) is 8.80. The highest BCUT2D eigenvalue weighted by molar-refractivity contribution is 9.10.